The molecule has 0 spiro atoms. The van der Waals surface area contributed by atoms with E-state index in [1.54, 1.807) is 0 Å². The molecule has 1 aromatic heterocycles. The number of rotatable bonds is 16. The first-order chi connectivity index (χ1) is 20.0. The van der Waals surface area contributed by atoms with Crippen LogP contribution in [0.15, 0.2) is 72.9 Å². The van der Waals surface area contributed by atoms with Crippen molar-refractivity contribution in [1.82, 2.24) is 9.55 Å². The second-order valence-corrected chi connectivity index (χ2v) is 10.6. The lowest BCUT2D eigenvalue weighted by atomic mass is 9.97. The zero-order valence-corrected chi connectivity index (χ0v) is 24.5. The van der Waals surface area contributed by atoms with E-state index in [2.05, 4.69) is 43.7 Å². The molecule has 1 heterocycles. The summed E-state index contributed by atoms with van der Waals surface area (Å²) in [5.41, 5.74) is 3.10. The molecule has 0 aliphatic heterocycles. The maximum atomic E-state index is 13.9. The van der Waals surface area contributed by atoms with E-state index in [1.165, 1.54) is 25.7 Å². The highest BCUT2D eigenvalue weighted by molar-refractivity contribution is 5.61. The molecule has 218 valence electrons. The van der Waals surface area contributed by atoms with Gasteiger partial charge in [-0.2, -0.15) is 0 Å². The zero-order valence-electron chi connectivity index (χ0n) is 24.5. The van der Waals surface area contributed by atoms with Gasteiger partial charge in [0.25, 0.3) is 0 Å². The third-order valence-corrected chi connectivity index (χ3v) is 7.63. The molecule has 0 saturated carbocycles. The Kier molecular flexibility index (Phi) is 11.4. The Morgan fingerprint density at radius 1 is 0.805 bits per heavy atom. The fourth-order valence-corrected chi connectivity index (χ4v) is 4.95. The van der Waals surface area contributed by atoms with Crippen molar-refractivity contribution in [2.24, 2.45) is 5.92 Å². The van der Waals surface area contributed by atoms with Gasteiger partial charge in [-0.1, -0.05) is 46.5 Å². The van der Waals surface area contributed by atoms with Gasteiger partial charge in [-0.3, -0.25) is 0 Å². The van der Waals surface area contributed by atoms with Gasteiger partial charge in [0.2, 0.25) is 0 Å². The minimum Gasteiger partial charge on any atom is -0.494 e. The van der Waals surface area contributed by atoms with E-state index in [9.17, 15) is 8.78 Å². The summed E-state index contributed by atoms with van der Waals surface area (Å²) in [6.07, 6.45) is 11.1. The predicted molar refractivity (Wildman–Crippen MR) is 162 cm³/mol. The quantitative estimate of drug-likeness (QED) is 0.128. The van der Waals surface area contributed by atoms with Crippen LogP contribution in [0.4, 0.5) is 8.78 Å². The molecule has 0 bridgehead atoms. The van der Waals surface area contributed by atoms with Crippen molar-refractivity contribution in [3.63, 3.8) is 0 Å². The summed E-state index contributed by atoms with van der Waals surface area (Å²) in [4.78, 5) is 4.97. The Balaban J connectivity index is 1.40. The second kappa shape index (κ2) is 15.4. The topological polar surface area (TPSA) is 36.3 Å². The van der Waals surface area contributed by atoms with Crippen LogP contribution < -0.4 is 9.47 Å². The number of hydrogen-bond donors (Lipinski definition) is 0. The van der Waals surface area contributed by atoms with Crippen molar-refractivity contribution in [3.05, 3.63) is 95.9 Å². The number of nitrogens with zero attached hydrogens (tertiary/aromatic N) is 2. The van der Waals surface area contributed by atoms with Gasteiger partial charge in [-0.25, -0.2) is 13.8 Å². The van der Waals surface area contributed by atoms with Crippen LogP contribution in [-0.2, 0) is 13.0 Å². The number of halogens is 2. The van der Waals surface area contributed by atoms with E-state index in [1.807, 2.05) is 36.4 Å². The number of aromatic nitrogens is 2. The molecular weight excluding hydrogens is 518 g/mol. The van der Waals surface area contributed by atoms with Crippen molar-refractivity contribution in [3.8, 4) is 28.4 Å². The highest BCUT2D eigenvalue weighted by Crippen LogP contribution is 2.26. The molecule has 3 aromatic carbocycles. The molecular formula is C35H42F2N2O2. The summed E-state index contributed by atoms with van der Waals surface area (Å²) in [7, 11) is 0. The number of hydrogen-bond acceptors (Lipinski definition) is 3. The van der Waals surface area contributed by atoms with E-state index in [0.717, 1.165) is 84.9 Å². The minimum absolute atomic E-state index is 0.0438. The second-order valence-electron chi connectivity index (χ2n) is 10.6. The maximum absolute atomic E-state index is 13.9. The molecule has 4 rings (SSSR count). The average Bonchev–Trinajstić information content (AvgIpc) is 3.43. The minimum atomic E-state index is -0.485. The van der Waals surface area contributed by atoms with Gasteiger partial charge in [0, 0.05) is 29.4 Å². The van der Waals surface area contributed by atoms with Gasteiger partial charge < -0.3 is 14.0 Å². The first kappa shape index (κ1) is 30.3. The van der Waals surface area contributed by atoms with Crippen molar-refractivity contribution >= 4 is 0 Å². The maximum Gasteiger partial charge on any atom is 0.130 e. The molecule has 4 nitrogen and oxygen atoms in total. The van der Waals surface area contributed by atoms with Crippen LogP contribution >= 0.6 is 0 Å². The average molecular weight is 561 g/mol. The van der Waals surface area contributed by atoms with Crippen molar-refractivity contribution in [1.29, 1.82) is 0 Å². The van der Waals surface area contributed by atoms with Crippen LogP contribution in [0.2, 0.25) is 0 Å². The van der Waals surface area contributed by atoms with Crippen LogP contribution in [0.5, 0.6) is 11.5 Å². The highest BCUT2D eigenvalue weighted by Gasteiger charge is 2.12. The monoisotopic (exact) mass is 560 g/mol. The molecule has 0 saturated heterocycles. The summed E-state index contributed by atoms with van der Waals surface area (Å²) in [6.45, 7) is 7.42. The lowest BCUT2D eigenvalue weighted by molar-refractivity contribution is 0.297. The van der Waals surface area contributed by atoms with Gasteiger partial charge in [0.15, 0.2) is 0 Å². The molecule has 4 aromatic rings. The van der Waals surface area contributed by atoms with Crippen LogP contribution in [0.25, 0.3) is 16.9 Å². The molecule has 6 heteroatoms. The smallest absolute Gasteiger partial charge is 0.130 e. The van der Waals surface area contributed by atoms with Gasteiger partial charge >= 0.3 is 0 Å². The summed E-state index contributed by atoms with van der Waals surface area (Å²) < 4.78 is 41.2. The molecule has 0 aliphatic rings. The first-order valence-corrected chi connectivity index (χ1v) is 15.0. The van der Waals surface area contributed by atoms with E-state index in [4.69, 9.17) is 14.5 Å². The number of ether oxygens (including phenoxy) is 2. The molecule has 0 unspecified atom stereocenters. The third-order valence-electron chi connectivity index (χ3n) is 7.63. The third kappa shape index (κ3) is 8.66. The molecule has 0 radical (unpaired) electrons. The van der Waals surface area contributed by atoms with E-state index in [-0.39, 0.29) is 12.2 Å². The van der Waals surface area contributed by atoms with E-state index < -0.39 is 11.6 Å². The molecule has 0 N–H and O–H groups in total. The summed E-state index contributed by atoms with van der Waals surface area (Å²) >= 11 is 0. The Labute approximate surface area is 243 Å². The molecule has 41 heavy (non-hydrogen) atoms. The van der Waals surface area contributed by atoms with Gasteiger partial charge in [-0.05, 0) is 91.9 Å². The molecule has 0 aliphatic carbocycles. The first-order valence-electron chi connectivity index (χ1n) is 15.0. The van der Waals surface area contributed by atoms with Gasteiger partial charge in [0.1, 0.15) is 35.6 Å². The summed E-state index contributed by atoms with van der Waals surface area (Å²) in [5, 5.41) is 0. The fraction of sp³-hybridized carbons (Fsp3) is 0.400. The Morgan fingerprint density at radius 2 is 1.51 bits per heavy atom. The number of imidazole rings is 1. The number of unbranched alkanes of at least 4 members (excludes halogenated alkanes) is 2. The Morgan fingerprint density at radius 3 is 2.22 bits per heavy atom. The van der Waals surface area contributed by atoms with Crippen LogP contribution in [0.3, 0.4) is 0 Å². The van der Waals surface area contributed by atoms with Gasteiger partial charge in [-0.15, -0.1) is 0 Å². The van der Waals surface area contributed by atoms with Gasteiger partial charge in [0.05, 0.1) is 12.3 Å². The predicted octanol–water partition coefficient (Wildman–Crippen LogP) is 9.72. The Bertz CT molecular complexity index is 1350. The van der Waals surface area contributed by atoms with Crippen molar-refractivity contribution in [2.75, 3.05) is 6.61 Å². The SMILES string of the molecule is CCCCc1nc(-c2ccc(OCCCCC(CC)CC)cc2)cn1-c1ccc(OCc2cc(F)ccc2F)cc1. The fourth-order valence-electron chi connectivity index (χ4n) is 4.95. The molecule has 0 fully saturated rings. The highest BCUT2D eigenvalue weighted by atomic mass is 19.1. The van der Waals surface area contributed by atoms with Crippen LogP contribution in [0.1, 0.15) is 77.1 Å². The van der Waals surface area contributed by atoms with E-state index >= 15 is 0 Å². The molecule has 0 atom stereocenters. The summed E-state index contributed by atoms with van der Waals surface area (Å²) in [6, 6.07) is 19.1. The normalized spacial score (nSPS) is 11.3. The standard InChI is InChI=1S/C35H42F2N2O2/c1-4-7-11-35-38-34(27-12-17-31(18-13-27)40-22-9-8-10-26(5-2)6-3)24-39(35)30-15-19-32(20-16-30)41-25-28-23-29(36)14-21-33(28)37/h12-21,23-24,26H,4-11,22,25H2,1-3H3. The van der Waals surface area contributed by atoms with Crippen molar-refractivity contribution < 1.29 is 18.3 Å². The summed E-state index contributed by atoms with van der Waals surface area (Å²) in [5.74, 6) is 2.33. The van der Waals surface area contributed by atoms with E-state index in [0.29, 0.717) is 5.75 Å². The van der Waals surface area contributed by atoms with Crippen molar-refractivity contribution in [2.45, 2.75) is 78.7 Å². The van der Waals surface area contributed by atoms with Crippen LogP contribution in [0, 0.1) is 17.6 Å². The molecule has 0 amide bonds. The zero-order chi connectivity index (χ0) is 29.0. The van der Waals surface area contributed by atoms with Crippen LogP contribution in [-0.4, -0.2) is 16.2 Å². The largest absolute Gasteiger partial charge is 0.494 e. The lowest BCUT2D eigenvalue weighted by Crippen LogP contribution is -2.02. The Hall–Kier alpha value is -3.67. The number of aryl methyl sites for hydroxylation is 1. The lowest BCUT2D eigenvalue weighted by Gasteiger charge is -2.12. The number of benzene rings is 3.